The van der Waals surface area contributed by atoms with Crippen LogP contribution in [0.15, 0.2) is 83.6 Å². The lowest BCUT2D eigenvalue weighted by molar-refractivity contribution is -0.149. The Hall–Kier alpha value is -2.81. The first-order chi connectivity index (χ1) is 11.1. The van der Waals surface area contributed by atoms with E-state index in [1.54, 1.807) is 6.21 Å². The number of hydrogen-bond donors (Lipinski definition) is 0. The van der Waals surface area contributed by atoms with Crippen molar-refractivity contribution in [3.63, 3.8) is 0 Å². The summed E-state index contributed by atoms with van der Waals surface area (Å²) in [6.45, 7) is 3.79. The lowest BCUT2D eigenvalue weighted by Gasteiger charge is -2.33. The number of para-hydroxylation sites is 1. The van der Waals surface area contributed by atoms with E-state index in [0.717, 1.165) is 22.8 Å². The van der Waals surface area contributed by atoms with Crippen LogP contribution in [0.3, 0.4) is 0 Å². The maximum absolute atomic E-state index is 5.91. The Labute approximate surface area is 136 Å². The van der Waals surface area contributed by atoms with Gasteiger partial charge in [0.1, 0.15) is 11.5 Å². The molecule has 0 aliphatic carbocycles. The molecule has 2 aromatic carbocycles. The van der Waals surface area contributed by atoms with Gasteiger partial charge in [-0.2, -0.15) is 0 Å². The van der Waals surface area contributed by atoms with E-state index in [1.807, 2.05) is 86.7 Å². The highest BCUT2D eigenvalue weighted by atomic mass is 16.7. The Morgan fingerprint density at radius 3 is 2.22 bits per heavy atom. The second kappa shape index (κ2) is 6.53. The zero-order chi connectivity index (χ0) is 16.1. The van der Waals surface area contributed by atoms with E-state index in [2.05, 4.69) is 4.99 Å². The van der Waals surface area contributed by atoms with Gasteiger partial charge in [-0.05, 0) is 18.2 Å². The van der Waals surface area contributed by atoms with Gasteiger partial charge >= 0.3 is 0 Å². The molecule has 0 amide bonds. The van der Waals surface area contributed by atoms with E-state index in [9.17, 15) is 0 Å². The van der Waals surface area contributed by atoms with Gasteiger partial charge in [-0.15, -0.1) is 0 Å². The molecule has 0 saturated carbocycles. The molecule has 1 heterocycles. The number of ether oxygens (including phenoxy) is 2. The number of benzene rings is 2. The maximum atomic E-state index is 5.91. The van der Waals surface area contributed by atoms with Gasteiger partial charge in [-0.3, -0.25) is 4.99 Å². The molecule has 0 bridgehead atoms. The minimum Gasteiger partial charge on any atom is -0.453 e. The third-order valence-corrected chi connectivity index (χ3v) is 3.27. The molecule has 1 aliphatic rings. The van der Waals surface area contributed by atoms with Crippen LogP contribution in [0.4, 0.5) is 5.69 Å². The van der Waals surface area contributed by atoms with Crippen LogP contribution in [0.25, 0.3) is 5.76 Å². The van der Waals surface area contributed by atoms with E-state index in [1.165, 1.54) is 0 Å². The lowest BCUT2D eigenvalue weighted by Crippen LogP contribution is -2.30. The molecule has 3 nitrogen and oxygen atoms in total. The number of hydrogen-bond acceptors (Lipinski definition) is 3. The molecular weight excluding hydrogens is 286 g/mol. The Kier molecular flexibility index (Phi) is 4.29. The van der Waals surface area contributed by atoms with E-state index >= 15 is 0 Å². The minimum absolute atomic E-state index is 0.716. The van der Waals surface area contributed by atoms with Gasteiger partial charge < -0.3 is 9.47 Å². The summed E-state index contributed by atoms with van der Waals surface area (Å²) in [6.07, 6.45) is 5.48. The van der Waals surface area contributed by atoms with Crippen LogP contribution in [0, 0.1) is 0 Å². The van der Waals surface area contributed by atoms with E-state index < -0.39 is 5.79 Å². The van der Waals surface area contributed by atoms with Gasteiger partial charge in [0.15, 0.2) is 0 Å². The molecule has 0 fully saturated rings. The molecule has 3 heteroatoms. The van der Waals surface area contributed by atoms with Crippen molar-refractivity contribution < 1.29 is 9.47 Å². The normalized spacial score (nSPS) is 18.3. The van der Waals surface area contributed by atoms with Crippen molar-refractivity contribution in [1.29, 1.82) is 0 Å². The largest absolute Gasteiger partial charge is 0.453 e. The third-order valence-electron chi connectivity index (χ3n) is 3.27. The van der Waals surface area contributed by atoms with Crippen LogP contribution < -0.4 is 0 Å². The highest BCUT2D eigenvalue weighted by molar-refractivity contribution is 5.77. The molecule has 3 rings (SSSR count). The molecule has 0 spiro atoms. The second-order valence-electron chi connectivity index (χ2n) is 5.66. The Bertz CT molecular complexity index is 744. The van der Waals surface area contributed by atoms with Crippen molar-refractivity contribution >= 4 is 17.7 Å². The first-order valence-corrected chi connectivity index (χ1v) is 7.57. The molecule has 0 radical (unpaired) electrons. The van der Waals surface area contributed by atoms with Crippen molar-refractivity contribution in [2.24, 2.45) is 4.99 Å². The maximum Gasteiger partial charge on any atom is 0.245 e. The highest BCUT2D eigenvalue weighted by Crippen LogP contribution is 2.32. The fourth-order valence-corrected chi connectivity index (χ4v) is 2.30. The van der Waals surface area contributed by atoms with Gasteiger partial charge in [-0.25, -0.2) is 0 Å². The number of rotatable bonds is 3. The van der Waals surface area contributed by atoms with Crippen molar-refractivity contribution in [3.8, 4) is 0 Å². The van der Waals surface area contributed by atoms with Gasteiger partial charge in [0.2, 0.25) is 5.79 Å². The molecule has 0 saturated heterocycles. The fourth-order valence-electron chi connectivity index (χ4n) is 2.30. The molecular formula is C20H19NO2. The Morgan fingerprint density at radius 2 is 1.52 bits per heavy atom. The molecule has 0 unspecified atom stereocenters. The van der Waals surface area contributed by atoms with E-state index in [0.29, 0.717) is 0 Å². The van der Waals surface area contributed by atoms with Crippen molar-refractivity contribution in [3.05, 3.63) is 84.1 Å². The standard InChI is InChI=1S/C20H19NO2/c1-20(2)22-18(13-14-21-17-11-7-4-8-12-17)15-19(23-20)16-9-5-3-6-10-16/h3-15H,1-2H3/b18-13+,21-14?. The molecule has 23 heavy (non-hydrogen) atoms. The summed E-state index contributed by atoms with van der Waals surface area (Å²) < 4.78 is 11.7. The second-order valence-corrected chi connectivity index (χ2v) is 5.66. The summed E-state index contributed by atoms with van der Waals surface area (Å²) in [5.41, 5.74) is 1.93. The van der Waals surface area contributed by atoms with Crippen molar-refractivity contribution in [2.75, 3.05) is 0 Å². The highest BCUT2D eigenvalue weighted by Gasteiger charge is 2.28. The molecule has 2 aromatic rings. The van der Waals surface area contributed by atoms with Crippen LogP contribution in [-0.2, 0) is 9.47 Å². The summed E-state index contributed by atoms with van der Waals surface area (Å²) in [5.74, 6) is 0.799. The summed E-state index contributed by atoms with van der Waals surface area (Å²) in [6, 6.07) is 19.8. The third kappa shape index (κ3) is 4.10. The SMILES string of the molecule is CC1(C)OC(c2ccccc2)=C/C(=C\C=Nc2ccccc2)O1. The van der Waals surface area contributed by atoms with Crippen LogP contribution in [0.2, 0.25) is 0 Å². The summed E-state index contributed by atoms with van der Waals surface area (Å²) in [4.78, 5) is 4.39. The zero-order valence-electron chi connectivity index (χ0n) is 13.3. The van der Waals surface area contributed by atoms with E-state index in [4.69, 9.17) is 9.47 Å². The first kappa shape index (κ1) is 15.1. The molecule has 0 atom stereocenters. The topological polar surface area (TPSA) is 30.8 Å². The van der Waals surface area contributed by atoms with Crippen LogP contribution in [0.5, 0.6) is 0 Å². The minimum atomic E-state index is -0.716. The average Bonchev–Trinajstić information content (AvgIpc) is 2.55. The average molecular weight is 305 g/mol. The predicted molar refractivity (Wildman–Crippen MR) is 93.3 cm³/mol. The van der Waals surface area contributed by atoms with E-state index in [-0.39, 0.29) is 0 Å². The summed E-state index contributed by atoms with van der Waals surface area (Å²) in [7, 11) is 0. The van der Waals surface area contributed by atoms with Crippen LogP contribution >= 0.6 is 0 Å². The van der Waals surface area contributed by atoms with Gasteiger partial charge in [-0.1, -0.05) is 48.5 Å². The number of nitrogens with zero attached hydrogens (tertiary/aromatic N) is 1. The predicted octanol–water partition coefficient (Wildman–Crippen LogP) is 5.10. The quantitative estimate of drug-likeness (QED) is 0.739. The monoisotopic (exact) mass is 305 g/mol. The Morgan fingerprint density at radius 1 is 0.870 bits per heavy atom. The molecule has 116 valence electrons. The van der Waals surface area contributed by atoms with Crippen molar-refractivity contribution in [1.82, 2.24) is 0 Å². The number of aliphatic imine (C=N–C) groups is 1. The number of allylic oxidation sites excluding steroid dienone is 2. The molecule has 0 aromatic heterocycles. The first-order valence-electron chi connectivity index (χ1n) is 7.57. The smallest absolute Gasteiger partial charge is 0.245 e. The van der Waals surface area contributed by atoms with Gasteiger partial charge in [0, 0.05) is 31.7 Å². The molecule has 1 aliphatic heterocycles. The molecule has 0 N–H and O–H groups in total. The van der Waals surface area contributed by atoms with Crippen molar-refractivity contribution in [2.45, 2.75) is 19.6 Å². The zero-order valence-corrected chi connectivity index (χ0v) is 13.3. The summed E-state index contributed by atoms with van der Waals surface area (Å²) >= 11 is 0. The fraction of sp³-hybridized carbons (Fsp3) is 0.150. The Balaban J connectivity index is 1.85. The van der Waals surface area contributed by atoms with Gasteiger partial charge in [0.05, 0.1) is 5.69 Å². The lowest BCUT2D eigenvalue weighted by atomic mass is 10.1. The van der Waals surface area contributed by atoms with Crippen LogP contribution in [-0.4, -0.2) is 12.0 Å². The summed E-state index contributed by atoms with van der Waals surface area (Å²) in [5, 5.41) is 0. The van der Waals surface area contributed by atoms with Crippen LogP contribution in [0.1, 0.15) is 19.4 Å². The van der Waals surface area contributed by atoms with Gasteiger partial charge in [0.25, 0.3) is 0 Å².